The highest BCUT2D eigenvalue weighted by Crippen LogP contribution is 2.58. The van der Waals surface area contributed by atoms with Gasteiger partial charge < -0.3 is 5.32 Å². The Hall–Kier alpha value is -0.570. The number of hydrogen-bond donors (Lipinski definition) is 1. The molecule has 1 aliphatic heterocycles. The molecule has 1 amide bonds. The predicted octanol–water partition coefficient (Wildman–Crippen LogP) is 1.49. The highest BCUT2D eigenvalue weighted by Gasteiger charge is 2.53. The number of nitrogens with one attached hydrogen (secondary N) is 1. The van der Waals surface area contributed by atoms with Crippen LogP contribution in [0.5, 0.6) is 0 Å². The summed E-state index contributed by atoms with van der Waals surface area (Å²) in [5, 5.41) is 3.22. The van der Waals surface area contributed by atoms with Crippen molar-refractivity contribution in [3.8, 4) is 0 Å². The number of likely N-dealkylation sites (N-methyl/N-ethyl adjacent to an activating group) is 1. The van der Waals surface area contributed by atoms with Crippen LogP contribution in [0.1, 0.15) is 45.4 Å². The van der Waals surface area contributed by atoms with Crippen LogP contribution in [0.25, 0.3) is 0 Å². The van der Waals surface area contributed by atoms with Gasteiger partial charge >= 0.3 is 0 Å². The van der Waals surface area contributed by atoms with E-state index in [1.54, 1.807) is 0 Å². The molecule has 0 radical (unpaired) electrons. The van der Waals surface area contributed by atoms with Crippen molar-refractivity contribution in [3.05, 3.63) is 0 Å². The minimum absolute atomic E-state index is 0.0413. The van der Waals surface area contributed by atoms with Crippen molar-refractivity contribution < 1.29 is 4.79 Å². The molecule has 0 aromatic heterocycles. The molecule has 0 aromatic carbocycles. The van der Waals surface area contributed by atoms with Crippen LogP contribution in [0.15, 0.2) is 0 Å². The monoisotopic (exact) mass is 208 g/mol. The molecule has 2 saturated carbocycles. The fourth-order valence-corrected chi connectivity index (χ4v) is 3.43. The van der Waals surface area contributed by atoms with Gasteiger partial charge in [0, 0.05) is 0 Å². The number of nitrogens with zero attached hydrogens (tertiary/aromatic N) is 1. The van der Waals surface area contributed by atoms with Crippen molar-refractivity contribution >= 4 is 5.91 Å². The maximum atomic E-state index is 11.5. The molecule has 1 saturated heterocycles. The Bertz CT molecular complexity index is 286. The van der Waals surface area contributed by atoms with Gasteiger partial charge in [-0.05, 0) is 50.5 Å². The molecule has 0 aromatic rings. The van der Waals surface area contributed by atoms with Crippen molar-refractivity contribution in [2.75, 3.05) is 13.1 Å². The first-order valence-corrected chi connectivity index (χ1v) is 6.24. The van der Waals surface area contributed by atoms with Gasteiger partial charge in [-0.2, -0.15) is 0 Å². The van der Waals surface area contributed by atoms with Crippen LogP contribution >= 0.6 is 0 Å². The number of hydrogen-bond acceptors (Lipinski definition) is 2. The van der Waals surface area contributed by atoms with Crippen molar-refractivity contribution in [1.82, 2.24) is 10.2 Å². The largest absolute Gasteiger partial charge is 0.337 e. The quantitative estimate of drug-likeness (QED) is 0.708. The van der Waals surface area contributed by atoms with Crippen LogP contribution < -0.4 is 5.32 Å². The summed E-state index contributed by atoms with van der Waals surface area (Å²) in [7, 11) is 0. The number of amides is 1. The molecule has 3 heteroatoms. The molecule has 3 aliphatic rings. The van der Waals surface area contributed by atoms with Gasteiger partial charge in [-0.3, -0.25) is 9.69 Å². The van der Waals surface area contributed by atoms with Crippen molar-refractivity contribution in [2.24, 2.45) is 5.41 Å². The van der Waals surface area contributed by atoms with E-state index in [2.05, 4.69) is 17.1 Å². The summed E-state index contributed by atoms with van der Waals surface area (Å²) < 4.78 is 0. The Labute approximate surface area is 91.2 Å². The van der Waals surface area contributed by atoms with Gasteiger partial charge in [0.2, 0.25) is 5.91 Å². The Kier molecular flexibility index (Phi) is 1.91. The molecule has 0 atom stereocenters. The standard InChI is InChI=1S/C12H20N2O/c1-2-14-9-10(15)13-12(14)7-5-11(3-4-11)6-8-12/h2-9H2,1H3,(H,13,15). The second-order valence-corrected chi connectivity index (χ2v) is 5.59. The summed E-state index contributed by atoms with van der Waals surface area (Å²) in [6.07, 6.45) is 7.86. The van der Waals surface area contributed by atoms with E-state index in [4.69, 9.17) is 0 Å². The van der Waals surface area contributed by atoms with E-state index in [9.17, 15) is 4.79 Å². The lowest BCUT2D eigenvalue weighted by atomic mass is 9.79. The molecule has 1 heterocycles. The summed E-state index contributed by atoms with van der Waals surface area (Å²) in [6, 6.07) is 0. The van der Waals surface area contributed by atoms with Gasteiger partial charge in [0.05, 0.1) is 12.2 Å². The van der Waals surface area contributed by atoms with E-state index >= 15 is 0 Å². The van der Waals surface area contributed by atoms with Gasteiger partial charge in [0.1, 0.15) is 0 Å². The van der Waals surface area contributed by atoms with E-state index in [-0.39, 0.29) is 11.6 Å². The van der Waals surface area contributed by atoms with Gasteiger partial charge in [-0.25, -0.2) is 0 Å². The first-order valence-electron chi connectivity index (χ1n) is 6.24. The molecule has 0 bridgehead atoms. The van der Waals surface area contributed by atoms with Crippen LogP contribution in [-0.4, -0.2) is 29.6 Å². The van der Waals surface area contributed by atoms with Crippen LogP contribution in [0.4, 0.5) is 0 Å². The van der Waals surface area contributed by atoms with E-state index in [1.807, 2.05) is 0 Å². The first kappa shape index (κ1) is 9.64. The third-order valence-corrected chi connectivity index (χ3v) is 4.79. The minimum atomic E-state index is 0.0413. The predicted molar refractivity (Wildman–Crippen MR) is 58.3 cm³/mol. The van der Waals surface area contributed by atoms with E-state index in [0.29, 0.717) is 12.0 Å². The Morgan fingerprint density at radius 2 is 1.80 bits per heavy atom. The minimum Gasteiger partial charge on any atom is -0.337 e. The molecule has 15 heavy (non-hydrogen) atoms. The molecule has 3 fully saturated rings. The van der Waals surface area contributed by atoms with E-state index in [1.165, 1.54) is 38.5 Å². The second-order valence-electron chi connectivity index (χ2n) is 5.59. The van der Waals surface area contributed by atoms with Gasteiger partial charge in [-0.1, -0.05) is 6.92 Å². The van der Waals surface area contributed by atoms with Crippen molar-refractivity contribution in [1.29, 1.82) is 0 Å². The summed E-state index contributed by atoms with van der Waals surface area (Å²) in [6.45, 7) is 3.76. The maximum Gasteiger partial charge on any atom is 0.235 e. The van der Waals surface area contributed by atoms with Crippen LogP contribution in [0.3, 0.4) is 0 Å². The number of carbonyl (C=O) groups excluding carboxylic acids is 1. The van der Waals surface area contributed by atoms with E-state index < -0.39 is 0 Å². The lowest BCUT2D eigenvalue weighted by Crippen LogP contribution is -2.54. The van der Waals surface area contributed by atoms with Crippen LogP contribution in [0.2, 0.25) is 0 Å². The lowest BCUT2D eigenvalue weighted by Gasteiger charge is -2.43. The molecule has 3 nitrogen and oxygen atoms in total. The zero-order valence-corrected chi connectivity index (χ0v) is 9.51. The molecule has 0 unspecified atom stereocenters. The van der Waals surface area contributed by atoms with Crippen LogP contribution in [-0.2, 0) is 4.79 Å². The Morgan fingerprint density at radius 1 is 1.20 bits per heavy atom. The zero-order valence-electron chi connectivity index (χ0n) is 9.51. The Balaban J connectivity index is 1.76. The van der Waals surface area contributed by atoms with Gasteiger partial charge in [-0.15, -0.1) is 0 Å². The highest BCUT2D eigenvalue weighted by atomic mass is 16.2. The van der Waals surface area contributed by atoms with Gasteiger partial charge in [0.25, 0.3) is 0 Å². The molecule has 1 N–H and O–H groups in total. The SMILES string of the molecule is CCN1CC(=O)NC12CCC1(CC1)CC2. The second kappa shape index (κ2) is 2.97. The fourth-order valence-electron chi connectivity index (χ4n) is 3.43. The average Bonchev–Trinajstić information content (AvgIpc) is 2.92. The summed E-state index contributed by atoms with van der Waals surface area (Å²) in [4.78, 5) is 13.8. The summed E-state index contributed by atoms with van der Waals surface area (Å²) in [5.74, 6) is 0.226. The summed E-state index contributed by atoms with van der Waals surface area (Å²) in [5.41, 5.74) is 0.748. The topological polar surface area (TPSA) is 32.3 Å². The van der Waals surface area contributed by atoms with Crippen molar-refractivity contribution in [2.45, 2.75) is 51.1 Å². The fraction of sp³-hybridized carbons (Fsp3) is 0.917. The molecule has 3 rings (SSSR count). The van der Waals surface area contributed by atoms with Crippen molar-refractivity contribution in [3.63, 3.8) is 0 Å². The highest BCUT2D eigenvalue weighted by molar-refractivity contribution is 5.81. The zero-order chi connectivity index (χ0) is 10.5. The normalized spacial score (nSPS) is 32.2. The number of carbonyl (C=O) groups is 1. The van der Waals surface area contributed by atoms with E-state index in [0.717, 1.165) is 6.54 Å². The lowest BCUT2D eigenvalue weighted by molar-refractivity contribution is -0.119. The third kappa shape index (κ3) is 1.40. The van der Waals surface area contributed by atoms with Crippen LogP contribution in [0, 0.1) is 5.41 Å². The molecule has 2 spiro atoms. The molecular weight excluding hydrogens is 188 g/mol. The smallest absolute Gasteiger partial charge is 0.235 e. The Morgan fingerprint density at radius 3 is 2.33 bits per heavy atom. The van der Waals surface area contributed by atoms with Gasteiger partial charge in [0.15, 0.2) is 0 Å². The summed E-state index contributed by atoms with van der Waals surface area (Å²) >= 11 is 0. The average molecular weight is 208 g/mol. The molecule has 84 valence electrons. The molecule has 2 aliphatic carbocycles. The maximum absolute atomic E-state index is 11.5. The first-order chi connectivity index (χ1) is 7.18. The molecular formula is C12H20N2O. The number of rotatable bonds is 1. The third-order valence-electron chi connectivity index (χ3n) is 4.79.